The lowest BCUT2D eigenvalue weighted by Gasteiger charge is -2.24. The standard InChI is InChI=1S/C28H29N3O5S/c1-34-22-12-10-20(11-13-22)29-26(32)18-23-27(33)31(21-7-5-4-6-8-21)28(37)30(23)16-15-19-9-14-24(35-2)25(17-19)36-3/h4-14,17,23H,15-16,18H2,1-3H3,(H,29,32). The molecule has 2 amide bonds. The summed E-state index contributed by atoms with van der Waals surface area (Å²) in [5.41, 5.74) is 2.29. The largest absolute Gasteiger partial charge is 0.497 e. The van der Waals surface area contributed by atoms with E-state index < -0.39 is 6.04 Å². The molecule has 1 aliphatic rings. The molecule has 1 atom stereocenters. The molecule has 0 spiro atoms. The second kappa shape index (κ2) is 11.7. The van der Waals surface area contributed by atoms with Crippen LogP contribution in [0, 0.1) is 0 Å². The molecule has 37 heavy (non-hydrogen) atoms. The quantitative estimate of drug-likeness (QED) is 0.401. The van der Waals surface area contributed by atoms with Gasteiger partial charge in [0.15, 0.2) is 16.6 Å². The average molecular weight is 520 g/mol. The molecule has 0 aliphatic carbocycles. The summed E-state index contributed by atoms with van der Waals surface area (Å²) in [4.78, 5) is 29.9. The minimum atomic E-state index is -0.730. The van der Waals surface area contributed by atoms with Crippen molar-refractivity contribution in [3.05, 3.63) is 78.4 Å². The van der Waals surface area contributed by atoms with Crippen molar-refractivity contribution in [2.75, 3.05) is 38.1 Å². The van der Waals surface area contributed by atoms with Crippen molar-refractivity contribution < 1.29 is 23.8 Å². The van der Waals surface area contributed by atoms with E-state index in [9.17, 15) is 9.59 Å². The van der Waals surface area contributed by atoms with Gasteiger partial charge in [-0.3, -0.25) is 14.5 Å². The maximum atomic E-state index is 13.6. The first kappa shape index (κ1) is 26.0. The van der Waals surface area contributed by atoms with Crippen molar-refractivity contribution in [2.24, 2.45) is 0 Å². The van der Waals surface area contributed by atoms with Crippen molar-refractivity contribution in [1.29, 1.82) is 0 Å². The third-order valence-corrected chi connectivity index (χ3v) is 6.59. The number of hydrogen-bond donors (Lipinski definition) is 1. The molecule has 1 N–H and O–H groups in total. The molecular weight excluding hydrogens is 490 g/mol. The first-order valence-corrected chi connectivity index (χ1v) is 12.2. The Morgan fingerprint density at radius 3 is 2.27 bits per heavy atom. The van der Waals surface area contributed by atoms with Crippen LogP contribution in [0.25, 0.3) is 0 Å². The van der Waals surface area contributed by atoms with E-state index in [0.717, 1.165) is 5.56 Å². The van der Waals surface area contributed by atoms with Gasteiger partial charge in [0.1, 0.15) is 11.8 Å². The molecule has 3 aromatic carbocycles. The minimum Gasteiger partial charge on any atom is -0.497 e. The van der Waals surface area contributed by atoms with E-state index in [2.05, 4.69) is 5.32 Å². The number of anilines is 2. The monoisotopic (exact) mass is 519 g/mol. The number of amides is 2. The van der Waals surface area contributed by atoms with Gasteiger partial charge in [0.2, 0.25) is 5.91 Å². The lowest BCUT2D eigenvalue weighted by Crippen LogP contribution is -2.39. The second-order valence-corrected chi connectivity index (χ2v) is 8.79. The molecule has 1 heterocycles. The first-order valence-electron chi connectivity index (χ1n) is 11.8. The number of carbonyl (C=O) groups excluding carboxylic acids is 2. The number of hydrogen-bond acceptors (Lipinski definition) is 6. The number of ether oxygens (including phenoxy) is 3. The van der Waals surface area contributed by atoms with Gasteiger partial charge in [0, 0.05) is 12.2 Å². The number of benzene rings is 3. The predicted molar refractivity (Wildman–Crippen MR) is 147 cm³/mol. The molecule has 192 valence electrons. The molecule has 1 aliphatic heterocycles. The maximum absolute atomic E-state index is 13.6. The SMILES string of the molecule is COc1ccc(NC(=O)CC2C(=O)N(c3ccccc3)C(=S)N2CCc2ccc(OC)c(OC)c2)cc1. The fraction of sp³-hybridized carbons (Fsp3) is 0.250. The van der Waals surface area contributed by atoms with E-state index in [1.165, 1.54) is 4.90 Å². The van der Waals surface area contributed by atoms with Crippen molar-refractivity contribution >= 4 is 40.5 Å². The fourth-order valence-electron chi connectivity index (χ4n) is 4.25. The zero-order valence-corrected chi connectivity index (χ0v) is 21.8. The summed E-state index contributed by atoms with van der Waals surface area (Å²) < 4.78 is 15.9. The molecule has 1 unspecified atom stereocenters. The molecule has 1 saturated heterocycles. The Balaban J connectivity index is 1.54. The molecule has 0 aromatic heterocycles. The van der Waals surface area contributed by atoms with Gasteiger partial charge in [0.05, 0.1) is 33.4 Å². The normalized spacial score (nSPS) is 15.1. The van der Waals surface area contributed by atoms with Crippen LogP contribution in [0.4, 0.5) is 11.4 Å². The third-order valence-electron chi connectivity index (χ3n) is 6.17. The number of thiocarbonyl (C=S) groups is 1. The summed E-state index contributed by atoms with van der Waals surface area (Å²) in [6, 6.07) is 21.2. The van der Waals surface area contributed by atoms with Crippen LogP contribution in [0.3, 0.4) is 0 Å². The maximum Gasteiger partial charge on any atom is 0.256 e. The molecule has 0 bridgehead atoms. The molecule has 8 nitrogen and oxygen atoms in total. The van der Waals surface area contributed by atoms with Crippen molar-refractivity contribution in [2.45, 2.75) is 18.9 Å². The molecule has 0 saturated carbocycles. The van der Waals surface area contributed by atoms with Crippen LogP contribution in [0.15, 0.2) is 72.8 Å². The molecular formula is C28H29N3O5S. The summed E-state index contributed by atoms with van der Waals surface area (Å²) in [5.74, 6) is 1.45. The van der Waals surface area contributed by atoms with Crippen LogP contribution in [0.5, 0.6) is 17.2 Å². The van der Waals surface area contributed by atoms with Crippen LogP contribution in [0.2, 0.25) is 0 Å². The van der Waals surface area contributed by atoms with Gasteiger partial charge in [-0.15, -0.1) is 0 Å². The zero-order chi connectivity index (χ0) is 26.4. The van der Waals surface area contributed by atoms with Gasteiger partial charge >= 0.3 is 0 Å². The Morgan fingerprint density at radius 1 is 0.919 bits per heavy atom. The highest BCUT2D eigenvalue weighted by Gasteiger charge is 2.43. The van der Waals surface area contributed by atoms with Crippen LogP contribution >= 0.6 is 12.2 Å². The highest BCUT2D eigenvalue weighted by molar-refractivity contribution is 7.80. The van der Waals surface area contributed by atoms with Crippen molar-refractivity contribution in [3.63, 3.8) is 0 Å². The topological polar surface area (TPSA) is 80.3 Å². The smallest absolute Gasteiger partial charge is 0.256 e. The Morgan fingerprint density at radius 2 is 1.62 bits per heavy atom. The van der Waals surface area contributed by atoms with Crippen LogP contribution in [-0.2, 0) is 16.0 Å². The highest BCUT2D eigenvalue weighted by Crippen LogP contribution is 2.30. The molecule has 9 heteroatoms. The number of nitrogens with one attached hydrogen (secondary N) is 1. The Labute approximate surface area is 221 Å². The number of para-hydroxylation sites is 1. The van der Waals surface area contributed by atoms with Crippen molar-refractivity contribution in [3.8, 4) is 17.2 Å². The minimum absolute atomic E-state index is 0.0414. The van der Waals surface area contributed by atoms with Gasteiger partial charge in [0.25, 0.3) is 5.91 Å². The number of nitrogens with zero attached hydrogens (tertiary/aromatic N) is 2. The Kier molecular flexibility index (Phi) is 8.25. The zero-order valence-electron chi connectivity index (χ0n) is 21.0. The number of methoxy groups -OCH3 is 3. The molecule has 0 radical (unpaired) electrons. The lowest BCUT2D eigenvalue weighted by molar-refractivity contribution is -0.124. The number of carbonyl (C=O) groups is 2. The van der Waals surface area contributed by atoms with Crippen LogP contribution in [0.1, 0.15) is 12.0 Å². The lowest BCUT2D eigenvalue weighted by atomic mass is 10.1. The van der Waals surface area contributed by atoms with Crippen LogP contribution < -0.4 is 24.4 Å². The van der Waals surface area contributed by atoms with E-state index in [-0.39, 0.29) is 18.2 Å². The van der Waals surface area contributed by atoms with E-state index >= 15 is 0 Å². The summed E-state index contributed by atoms with van der Waals surface area (Å²) >= 11 is 5.75. The molecule has 4 rings (SSSR count). The fourth-order valence-corrected chi connectivity index (χ4v) is 4.66. The predicted octanol–water partition coefficient (Wildman–Crippen LogP) is 4.29. The summed E-state index contributed by atoms with van der Waals surface area (Å²) in [5, 5.41) is 3.24. The molecule has 1 fully saturated rings. The van der Waals surface area contributed by atoms with Gasteiger partial charge < -0.3 is 24.4 Å². The summed E-state index contributed by atoms with van der Waals surface area (Å²) in [6.45, 7) is 0.448. The number of rotatable bonds is 10. The first-order chi connectivity index (χ1) is 17.9. The summed E-state index contributed by atoms with van der Waals surface area (Å²) in [7, 11) is 4.76. The summed E-state index contributed by atoms with van der Waals surface area (Å²) in [6.07, 6.45) is 0.549. The second-order valence-electron chi connectivity index (χ2n) is 8.42. The van der Waals surface area contributed by atoms with E-state index in [4.69, 9.17) is 26.4 Å². The van der Waals surface area contributed by atoms with Crippen LogP contribution in [-0.4, -0.2) is 55.7 Å². The molecule has 3 aromatic rings. The van der Waals surface area contributed by atoms with Gasteiger partial charge in [-0.25, -0.2) is 0 Å². The van der Waals surface area contributed by atoms with E-state index in [0.29, 0.717) is 46.7 Å². The van der Waals surface area contributed by atoms with Gasteiger partial charge in [-0.2, -0.15) is 0 Å². The average Bonchev–Trinajstić information content (AvgIpc) is 3.16. The van der Waals surface area contributed by atoms with Gasteiger partial charge in [-0.05, 0) is 72.7 Å². The third kappa shape index (κ3) is 5.83. The van der Waals surface area contributed by atoms with E-state index in [1.54, 1.807) is 45.6 Å². The van der Waals surface area contributed by atoms with Crippen molar-refractivity contribution in [1.82, 2.24) is 4.90 Å². The Hall–Kier alpha value is -4.11. The highest BCUT2D eigenvalue weighted by atomic mass is 32.1. The van der Waals surface area contributed by atoms with Gasteiger partial charge in [-0.1, -0.05) is 24.3 Å². The van der Waals surface area contributed by atoms with E-state index in [1.807, 2.05) is 53.4 Å². The Bertz CT molecular complexity index is 1270.